The van der Waals surface area contributed by atoms with Gasteiger partial charge in [-0.2, -0.15) is 0 Å². The zero-order chi connectivity index (χ0) is 26.9. The van der Waals surface area contributed by atoms with Gasteiger partial charge in [-0.3, -0.25) is 19.2 Å². The number of unbranched alkanes of at least 4 members (excludes halogenated alkanes) is 5. The lowest BCUT2D eigenvalue weighted by molar-refractivity contribution is -0.281. The molecule has 2 aliphatic heterocycles. The summed E-state index contributed by atoms with van der Waals surface area (Å²) >= 11 is 0. The maximum Gasteiger partial charge on any atom is 0.303 e. The zero-order valence-corrected chi connectivity index (χ0v) is 21.5. The number of aliphatic hydroxyl groups is 1. The Hall–Kier alpha value is -2.86. The number of carbonyl (C=O) groups excluding carboxylic acids is 4. The number of aliphatic hydroxyl groups excluding tert-OH is 1. The van der Waals surface area contributed by atoms with Gasteiger partial charge in [0.05, 0.1) is 17.7 Å². The molecule has 2 amide bonds. The molecule has 2 heterocycles. The summed E-state index contributed by atoms with van der Waals surface area (Å²) in [6.07, 6.45) is 1.53. The minimum absolute atomic E-state index is 0.218. The largest absolute Gasteiger partial charge is 0.457 e. The van der Waals surface area contributed by atoms with E-state index in [1.54, 1.807) is 12.1 Å². The van der Waals surface area contributed by atoms with Crippen molar-refractivity contribution in [3.63, 3.8) is 0 Å². The topological polar surface area (TPSA) is 141 Å². The summed E-state index contributed by atoms with van der Waals surface area (Å²) in [6, 6.07) is 5.25. The lowest BCUT2D eigenvalue weighted by Crippen LogP contribution is -2.68. The van der Waals surface area contributed by atoms with Crippen LogP contribution < -0.4 is 5.43 Å². The van der Waals surface area contributed by atoms with E-state index in [9.17, 15) is 24.3 Å². The minimum Gasteiger partial charge on any atom is -0.457 e. The van der Waals surface area contributed by atoms with E-state index in [-0.39, 0.29) is 11.1 Å². The number of imide groups is 1. The van der Waals surface area contributed by atoms with Crippen LogP contribution in [0.1, 0.15) is 80.0 Å². The monoisotopic (exact) mass is 520 g/mol. The van der Waals surface area contributed by atoms with Gasteiger partial charge in [0.1, 0.15) is 12.1 Å². The number of carbonyl (C=O) groups is 4. The molecule has 2 aliphatic rings. The van der Waals surface area contributed by atoms with E-state index in [4.69, 9.17) is 18.9 Å². The molecule has 11 nitrogen and oxygen atoms in total. The first kappa shape index (κ1) is 28.7. The molecular formula is C26H36N2O9. The van der Waals surface area contributed by atoms with Crippen molar-refractivity contribution in [1.82, 2.24) is 10.4 Å². The van der Waals surface area contributed by atoms with Gasteiger partial charge in [0, 0.05) is 20.5 Å². The predicted molar refractivity (Wildman–Crippen MR) is 130 cm³/mol. The van der Waals surface area contributed by atoms with Crippen molar-refractivity contribution in [2.24, 2.45) is 0 Å². The highest BCUT2D eigenvalue weighted by molar-refractivity contribution is 6.20. The molecule has 1 fully saturated rings. The highest BCUT2D eigenvalue weighted by Crippen LogP contribution is 2.29. The van der Waals surface area contributed by atoms with Gasteiger partial charge in [-0.05, 0) is 18.6 Å². The van der Waals surface area contributed by atoms with Crippen LogP contribution in [0, 0.1) is 0 Å². The number of amides is 2. The molecule has 1 saturated heterocycles. The molecule has 1 aromatic carbocycles. The maximum absolute atomic E-state index is 13.0. The molecule has 0 bridgehead atoms. The summed E-state index contributed by atoms with van der Waals surface area (Å²) in [6.45, 7) is 4.24. The van der Waals surface area contributed by atoms with Crippen molar-refractivity contribution in [2.75, 3.05) is 13.2 Å². The summed E-state index contributed by atoms with van der Waals surface area (Å²) < 4.78 is 22.8. The molecule has 37 heavy (non-hydrogen) atoms. The van der Waals surface area contributed by atoms with Crippen LogP contribution in [0.5, 0.6) is 0 Å². The van der Waals surface area contributed by atoms with Crippen molar-refractivity contribution in [1.29, 1.82) is 0 Å². The van der Waals surface area contributed by atoms with Crippen LogP contribution in [-0.4, -0.2) is 77.7 Å². The van der Waals surface area contributed by atoms with Crippen LogP contribution in [0.2, 0.25) is 0 Å². The number of nitrogens with zero attached hydrogens (tertiary/aromatic N) is 1. The van der Waals surface area contributed by atoms with E-state index in [0.717, 1.165) is 37.1 Å². The third-order valence-electron chi connectivity index (χ3n) is 6.28. The molecule has 11 heteroatoms. The zero-order valence-electron chi connectivity index (χ0n) is 21.5. The molecule has 0 unspecified atom stereocenters. The van der Waals surface area contributed by atoms with E-state index < -0.39 is 61.0 Å². The van der Waals surface area contributed by atoms with Gasteiger partial charge in [0.25, 0.3) is 11.8 Å². The molecule has 0 aromatic heterocycles. The third kappa shape index (κ3) is 7.13. The van der Waals surface area contributed by atoms with Crippen molar-refractivity contribution >= 4 is 23.8 Å². The van der Waals surface area contributed by atoms with Gasteiger partial charge >= 0.3 is 11.9 Å². The molecule has 0 saturated carbocycles. The summed E-state index contributed by atoms with van der Waals surface area (Å²) in [4.78, 5) is 49.9. The number of nitrogens with one attached hydrogen (secondary N) is 1. The number of hydrazine groups is 1. The van der Waals surface area contributed by atoms with E-state index in [1.165, 1.54) is 32.4 Å². The number of hydrogen-bond acceptors (Lipinski definition) is 10. The summed E-state index contributed by atoms with van der Waals surface area (Å²) in [5, 5.41) is 10.8. The Morgan fingerprint density at radius 1 is 0.946 bits per heavy atom. The van der Waals surface area contributed by atoms with Gasteiger partial charge in [0.2, 0.25) is 0 Å². The minimum atomic E-state index is -1.23. The Bertz CT molecular complexity index is 934. The van der Waals surface area contributed by atoms with Crippen LogP contribution in [0.15, 0.2) is 24.3 Å². The van der Waals surface area contributed by atoms with Crippen molar-refractivity contribution in [2.45, 2.75) is 89.9 Å². The third-order valence-corrected chi connectivity index (χ3v) is 6.28. The Morgan fingerprint density at radius 3 is 2.08 bits per heavy atom. The van der Waals surface area contributed by atoms with Crippen molar-refractivity contribution in [3.05, 3.63) is 35.4 Å². The van der Waals surface area contributed by atoms with E-state index in [1.807, 2.05) is 0 Å². The predicted octanol–water partition coefficient (Wildman–Crippen LogP) is 2.11. The van der Waals surface area contributed by atoms with Gasteiger partial charge < -0.3 is 24.1 Å². The highest BCUT2D eigenvalue weighted by Gasteiger charge is 2.52. The fraction of sp³-hybridized carbons (Fsp3) is 0.615. The number of fused-ring (bicyclic) bond motifs is 1. The van der Waals surface area contributed by atoms with E-state index in [2.05, 4.69) is 12.3 Å². The van der Waals surface area contributed by atoms with E-state index in [0.29, 0.717) is 6.61 Å². The lowest BCUT2D eigenvalue weighted by atomic mass is 9.96. The standard InChI is InChI=1S/C26H36N2O9/c1-4-5-6-7-8-11-14-34-26-21(27-28-24(32)18-12-9-10-13-19(18)25(28)33)23(36-17(3)31)22(35-16(2)30)20(15-29)37-26/h9-10,12-13,20-23,26-27,29H,4-8,11,14-15H2,1-3H3/t20-,21-,22-,23-,26-/m1/s1. The Labute approximate surface area is 216 Å². The number of benzene rings is 1. The summed E-state index contributed by atoms with van der Waals surface area (Å²) in [5.74, 6) is -2.56. The molecule has 5 atom stereocenters. The number of hydrogen-bond donors (Lipinski definition) is 2. The molecular weight excluding hydrogens is 484 g/mol. The number of rotatable bonds is 13. The average molecular weight is 521 g/mol. The molecule has 2 N–H and O–H groups in total. The smallest absolute Gasteiger partial charge is 0.303 e. The SMILES string of the molecule is CCCCCCCCO[C@@H]1O[C@H](CO)[C@@H](OC(C)=O)[C@H](OC(C)=O)[C@H]1NN1C(=O)c2ccccc2C1=O. The first-order chi connectivity index (χ1) is 17.8. The second kappa shape index (κ2) is 13.6. The van der Waals surface area contributed by atoms with Crippen LogP contribution >= 0.6 is 0 Å². The van der Waals surface area contributed by atoms with Gasteiger partial charge in [-0.1, -0.05) is 51.2 Å². The van der Waals surface area contributed by atoms with Gasteiger partial charge in [-0.25, -0.2) is 10.4 Å². The molecule has 204 valence electrons. The first-order valence-electron chi connectivity index (χ1n) is 12.7. The van der Waals surface area contributed by atoms with Crippen LogP contribution in [0.3, 0.4) is 0 Å². The normalized spacial score (nSPS) is 25.2. The molecule has 0 aliphatic carbocycles. The van der Waals surface area contributed by atoms with E-state index >= 15 is 0 Å². The Morgan fingerprint density at radius 2 is 1.51 bits per heavy atom. The molecule has 1 aromatic rings. The average Bonchev–Trinajstić information content (AvgIpc) is 3.10. The fourth-order valence-corrected chi connectivity index (χ4v) is 4.53. The van der Waals surface area contributed by atoms with Crippen molar-refractivity contribution in [3.8, 4) is 0 Å². The fourth-order valence-electron chi connectivity index (χ4n) is 4.53. The van der Waals surface area contributed by atoms with Crippen LogP contribution in [0.25, 0.3) is 0 Å². The molecule has 0 spiro atoms. The Kier molecular flexibility index (Phi) is 10.6. The van der Waals surface area contributed by atoms with Gasteiger partial charge in [0.15, 0.2) is 18.5 Å². The first-order valence-corrected chi connectivity index (χ1v) is 12.7. The second-order valence-corrected chi connectivity index (χ2v) is 9.16. The van der Waals surface area contributed by atoms with Crippen LogP contribution in [0.4, 0.5) is 0 Å². The summed E-state index contributed by atoms with van der Waals surface area (Å²) in [5.41, 5.74) is 3.26. The molecule has 0 radical (unpaired) electrons. The molecule has 3 rings (SSSR count). The maximum atomic E-state index is 13.0. The second-order valence-electron chi connectivity index (χ2n) is 9.16. The number of esters is 2. The Balaban J connectivity index is 1.84. The van der Waals surface area contributed by atoms with Crippen LogP contribution in [-0.2, 0) is 28.5 Å². The lowest BCUT2D eigenvalue weighted by Gasteiger charge is -2.45. The summed E-state index contributed by atoms with van der Waals surface area (Å²) in [7, 11) is 0. The number of ether oxygens (including phenoxy) is 4. The van der Waals surface area contributed by atoms with Crippen molar-refractivity contribution < 1.29 is 43.2 Å². The quantitative estimate of drug-likeness (QED) is 0.226. The highest BCUT2D eigenvalue weighted by atomic mass is 16.7. The van der Waals surface area contributed by atoms with Gasteiger partial charge in [-0.15, -0.1) is 0 Å².